The van der Waals surface area contributed by atoms with Gasteiger partial charge in [0, 0.05) is 38.4 Å². The van der Waals surface area contributed by atoms with Gasteiger partial charge >= 0.3 is 0 Å². The third kappa shape index (κ3) is 4.16. The maximum absolute atomic E-state index is 12.8. The predicted octanol–water partition coefficient (Wildman–Crippen LogP) is 2.87. The molecule has 27 heavy (non-hydrogen) atoms. The Morgan fingerprint density at radius 3 is 2.59 bits per heavy atom. The minimum atomic E-state index is 0.0919. The number of amides is 1. The van der Waals surface area contributed by atoms with E-state index in [1.165, 1.54) is 12.8 Å². The third-order valence-electron chi connectivity index (χ3n) is 5.85. The van der Waals surface area contributed by atoms with Gasteiger partial charge < -0.3 is 14.8 Å². The highest BCUT2D eigenvalue weighted by atomic mass is 16.1. The van der Waals surface area contributed by atoms with E-state index in [0.29, 0.717) is 0 Å². The second kappa shape index (κ2) is 8.13. The zero-order valence-corrected chi connectivity index (χ0v) is 16.1. The highest BCUT2D eigenvalue weighted by Crippen LogP contribution is 2.30. The maximum atomic E-state index is 12.8. The van der Waals surface area contributed by atoms with E-state index >= 15 is 0 Å². The summed E-state index contributed by atoms with van der Waals surface area (Å²) in [5.41, 5.74) is 2.12. The highest BCUT2D eigenvalue weighted by Gasteiger charge is 2.26. The van der Waals surface area contributed by atoms with Crippen LogP contribution < -0.4 is 10.2 Å². The normalized spacial score (nSPS) is 18.8. The van der Waals surface area contributed by atoms with Gasteiger partial charge in [-0.2, -0.15) is 0 Å². The summed E-state index contributed by atoms with van der Waals surface area (Å²) in [6.07, 6.45) is 8.10. The van der Waals surface area contributed by atoms with Crippen molar-refractivity contribution in [3.8, 4) is 0 Å². The Hall–Kier alpha value is -2.34. The first kappa shape index (κ1) is 18.0. The van der Waals surface area contributed by atoms with Crippen LogP contribution in [0.3, 0.4) is 0 Å². The number of carbonyl (C=O) groups excluding carboxylic acids is 1. The van der Waals surface area contributed by atoms with Crippen molar-refractivity contribution in [1.82, 2.24) is 14.5 Å². The molecular weight excluding hydrogens is 338 g/mol. The molecule has 1 N–H and O–H groups in total. The van der Waals surface area contributed by atoms with E-state index in [2.05, 4.69) is 36.8 Å². The van der Waals surface area contributed by atoms with Crippen LogP contribution in [0.25, 0.3) is 0 Å². The average molecular weight is 367 g/mol. The van der Waals surface area contributed by atoms with Gasteiger partial charge in [-0.15, -0.1) is 0 Å². The number of carbonyl (C=O) groups is 1. The molecule has 144 valence electrons. The van der Waals surface area contributed by atoms with Gasteiger partial charge in [0.2, 0.25) is 5.91 Å². The lowest BCUT2D eigenvalue weighted by atomic mass is 9.95. The molecule has 0 saturated carbocycles. The number of nitrogens with zero attached hydrogens (tertiary/aromatic N) is 4. The van der Waals surface area contributed by atoms with Crippen molar-refractivity contribution in [2.75, 3.05) is 36.4 Å². The first-order valence-electron chi connectivity index (χ1n) is 10.0. The Bertz CT molecular complexity index is 772. The summed E-state index contributed by atoms with van der Waals surface area (Å²) in [5, 5.41) is 3.21. The largest absolute Gasteiger partial charge is 0.370 e. The Morgan fingerprint density at radius 2 is 1.89 bits per heavy atom. The van der Waals surface area contributed by atoms with Gasteiger partial charge in [-0.05, 0) is 50.9 Å². The topological polar surface area (TPSA) is 53.4 Å². The van der Waals surface area contributed by atoms with Gasteiger partial charge in [0.25, 0.3) is 0 Å². The van der Waals surface area contributed by atoms with E-state index in [9.17, 15) is 4.79 Å². The van der Waals surface area contributed by atoms with Crippen LogP contribution in [0.15, 0.2) is 36.7 Å². The second-order valence-corrected chi connectivity index (χ2v) is 7.71. The number of hydrogen-bond donors (Lipinski definition) is 1. The van der Waals surface area contributed by atoms with Gasteiger partial charge in [0.15, 0.2) is 0 Å². The Morgan fingerprint density at radius 1 is 1.15 bits per heavy atom. The number of aryl methyl sites for hydroxylation is 1. The lowest BCUT2D eigenvalue weighted by Gasteiger charge is -2.31. The first-order chi connectivity index (χ1) is 13.2. The summed E-state index contributed by atoms with van der Waals surface area (Å²) >= 11 is 0. The molecule has 2 fully saturated rings. The molecule has 0 radical (unpaired) electrons. The lowest BCUT2D eigenvalue weighted by Crippen LogP contribution is -2.38. The first-order valence-corrected chi connectivity index (χ1v) is 10.0. The number of hydrogen-bond acceptors (Lipinski definition) is 4. The van der Waals surface area contributed by atoms with Crippen LogP contribution >= 0.6 is 0 Å². The number of para-hydroxylation sites is 2. The van der Waals surface area contributed by atoms with Crippen LogP contribution in [0.1, 0.15) is 31.5 Å². The Balaban J connectivity index is 1.33. The van der Waals surface area contributed by atoms with Crippen molar-refractivity contribution in [3.63, 3.8) is 0 Å². The average Bonchev–Trinajstić information content (AvgIpc) is 3.35. The summed E-state index contributed by atoms with van der Waals surface area (Å²) in [4.78, 5) is 22.0. The van der Waals surface area contributed by atoms with Crippen LogP contribution in [0.2, 0.25) is 0 Å². The quantitative estimate of drug-likeness (QED) is 0.883. The number of rotatable bonds is 5. The van der Waals surface area contributed by atoms with Crippen LogP contribution in [0.4, 0.5) is 11.4 Å². The minimum absolute atomic E-state index is 0.0919. The maximum Gasteiger partial charge on any atom is 0.227 e. The number of aromatic nitrogens is 2. The summed E-state index contributed by atoms with van der Waals surface area (Å²) in [6.45, 7) is 4.91. The summed E-state index contributed by atoms with van der Waals surface area (Å²) in [5.74, 6) is 1.34. The summed E-state index contributed by atoms with van der Waals surface area (Å²) < 4.78 is 2.06. The fourth-order valence-electron chi connectivity index (χ4n) is 4.15. The Kier molecular flexibility index (Phi) is 5.43. The molecule has 2 aliphatic heterocycles. The molecule has 0 unspecified atom stereocenters. The van der Waals surface area contributed by atoms with Crippen molar-refractivity contribution in [2.45, 2.75) is 32.2 Å². The fourth-order valence-corrected chi connectivity index (χ4v) is 4.15. The molecule has 3 heterocycles. The number of nitrogens with one attached hydrogen (secondary N) is 1. The predicted molar refractivity (Wildman–Crippen MR) is 108 cm³/mol. The number of benzene rings is 1. The Labute approximate surface area is 161 Å². The number of likely N-dealkylation sites (tertiary alicyclic amines) is 1. The number of piperidine rings is 1. The van der Waals surface area contributed by atoms with Crippen LogP contribution in [-0.4, -0.2) is 46.5 Å². The molecule has 6 nitrogen and oxygen atoms in total. The van der Waals surface area contributed by atoms with Gasteiger partial charge in [-0.3, -0.25) is 9.69 Å². The van der Waals surface area contributed by atoms with Gasteiger partial charge in [-0.25, -0.2) is 4.98 Å². The highest BCUT2D eigenvalue weighted by molar-refractivity contribution is 5.95. The van der Waals surface area contributed by atoms with Crippen LogP contribution in [-0.2, 0) is 18.4 Å². The van der Waals surface area contributed by atoms with Gasteiger partial charge in [-0.1, -0.05) is 12.1 Å². The standard InChI is InChI=1S/C21H29N5O/c1-24-15-10-22-20(24)16-25-13-8-17(9-14-25)21(27)23-18-6-2-3-7-19(18)26-11-4-5-12-26/h2-3,6-7,10,15,17H,4-5,8-9,11-14,16H2,1H3,(H,23,27). The van der Waals surface area contributed by atoms with Crippen molar-refractivity contribution in [3.05, 3.63) is 42.5 Å². The molecule has 0 aliphatic carbocycles. The molecule has 1 aromatic carbocycles. The number of imidazole rings is 1. The van der Waals surface area contributed by atoms with Crippen molar-refractivity contribution < 1.29 is 4.79 Å². The molecule has 2 aromatic rings. The fraction of sp³-hybridized carbons (Fsp3) is 0.524. The van der Waals surface area contributed by atoms with Crippen LogP contribution in [0.5, 0.6) is 0 Å². The monoisotopic (exact) mass is 367 g/mol. The smallest absolute Gasteiger partial charge is 0.227 e. The van der Waals surface area contributed by atoms with Gasteiger partial charge in [0.05, 0.1) is 17.9 Å². The third-order valence-corrected chi connectivity index (χ3v) is 5.85. The minimum Gasteiger partial charge on any atom is -0.370 e. The van der Waals surface area contributed by atoms with E-state index in [0.717, 1.165) is 62.8 Å². The van der Waals surface area contributed by atoms with Crippen molar-refractivity contribution in [1.29, 1.82) is 0 Å². The zero-order chi connectivity index (χ0) is 18.6. The van der Waals surface area contributed by atoms with Crippen molar-refractivity contribution >= 4 is 17.3 Å². The van der Waals surface area contributed by atoms with E-state index in [4.69, 9.17) is 0 Å². The molecule has 4 rings (SSSR count). The summed E-state index contributed by atoms with van der Waals surface area (Å²) in [7, 11) is 2.03. The molecule has 0 spiro atoms. The molecule has 1 amide bonds. The molecule has 1 aromatic heterocycles. The van der Waals surface area contributed by atoms with E-state index < -0.39 is 0 Å². The summed E-state index contributed by atoms with van der Waals surface area (Å²) in [6, 6.07) is 8.21. The molecular formula is C21H29N5O. The molecule has 0 bridgehead atoms. The SMILES string of the molecule is Cn1ccnc1CN1CCC(C(=O)Nc2ccccc2N2CCCC2)CC1. The van der Waals surface area contributed by atoms with Crippen molar-refractivity contribution in [2.24, 2.45) is 13.0 Å². The van der Waals surface area contributed by atoms with E-state index in [1.54, 1.807) is 0 Å². The lowest BCUT2D eigenvalue weighted by molar-refractivity contribution is -0.121. The van der Waals surface area contributed by atoms with Gasteiger partial charge in [0.1, 0.15) is 5.82 Å². The van der Waals surface area contributed by atoms with E-state index in [-0.39, 0.29) is 11.8 Å². The van der Waals surface area contributed by atoms with E-state index in [1.807, 2.05) is 31.6 Å². The molecule has 6 heteroatoms. The van der Waals surface area contributed by atoms with Crippen LogP contribution in [0, 0.1) is 5.92 Å². The molecule has 0 atom stereocenters. The zero-order valence-electron chi connectivity index (χ0n) is 16.1. The number of anilines is 2. The second-order valence-electron chi connectivity index (χ2n) is 7.71. The molecule has 2 aliphatic rings. The molecule has 2 saturated heterocycles.